The maximum absolute atomic E-state index is 13.6. The number of ether oxygens (including phenoxy) is 3. The molecular formula is C29H26FNO4. The summed E-state index contributed by atoms with van der Waals surface area (Å²) in [5.74, 6) is 1.22. The van der Waals surface area contributed by atoms with Gasteiger partial charge in [-0.25, -0.2) is 4.39 Å². The van der Waals surface area contributed by atoms with Crippen molar-refractivity contribution >= 4 is 28.8 Å². The molecule has 178 valence electrons. The lowest BCUT2D eigenvalue weighted by molar-refractivity contribution is -0.110. The lowest BCUT2D eigenvalue weighted by Crippen LogP contribution is -1.98. The van der Waals surface area contributed by atoms with E-state index in [4.69, 9.17) is 14.2 Å². The van der Waals surface area contributed by atoms with Crippen molar-refractivity contribution < 1.29 is 23.4 Å². The van der Waals surface area contributed by atoms with E-state index in [0.29, 0.717) is 29.4 Å². The lowest BCUT2D eigenvalue weighted by atomic mass is 10.1. The molecule has 0 unspecified atom stereocenters. The van der Waals surface area contributed by atoms with E-state index >= 15 is 0 Å². The molecular weight excluding hydrogens is 445 g/mol. The summed E-state index contributed by atoms with van der Waals surface area (Å²) in [6, 6.07) is 17.9. The first kappa shape index (κ1) is 23.8. The van der Waals surface area contributed by atoms with E-state index in [0.717, 1.165) is 22.0 Å². The van der Waals surface area contributed by atoms with Gasteiger partial charge in [0.15, 0.2) is 5.78 Å². The van der Waals surface area contributed by atoms with Gasteiger partial charge in [0, 0.05) is 41.3 Å². The Kier molecular flexibility index (Phi) is 7.31. The van der Waals surface area contributed by atoms with E-state index in [1.165, 1.54) is 24.3 Å². The van der Waals surface area contributed by atoms with E-state index in [9.17, 15) is 9.18 Å². The maximum atomic E-state index is 13.6. The summed E-state index contributed by atoms with van der Waals surface area (Å²) in [7, 11) is 4.66. The van der Waals surface area contributed by atoms with E-state index in [1.807, 2.05) is 36.5 Å². The van der Waals surface area contributed by atoms with Crippen LogP contribution in [0, 0.1) is 5.82 Å². The van der Waals surface area contributed by atoms with Gasteiger partial charge < -0.3 is 18.8 Å². The van der Waals surface area contributed by atoms with Gasteiger partial charge in [-0.2, -0.15) is 0 Å². The number of aromatic nitrogens is 1. The third kappa shape index (κ3) is 5.44. The molecule has 0 bridgehead atoms. The third-order valence-electron chi connectivity index (χ3n) is 5.66. The van der Waals surface area contributed by atoms with Gasteiger partial charge in [0.25, 0.3) is 0 Å². The Bertz CT molecular complexity index is 1390. The normalized spacial score (nSPS) is 11.4. The molecule has 0 spiro atoms. The number of hydrogen-bond acceptors (Lipinski definition) is 4. The Balaban J connectivity index is 1.59. The number of rotatable bonds is 9. The molecule has 4 aromatic rings. The quantitative estimate of drug-likeness (QED) is 0.275. The van der Waals surface area contributed by atoms with Crippen molar-refractivity contribution in [2.75, 3.05) is 21.3 Å². The number of halogens is 1. The van der Waals surface area contributed by atoms with Gasteiger partial charge in [-0.3, -0.25) is 4.79 Å². The Morgan fingerprint density at radius 2 is 1.60 bits per heavy atom. The number of allylic oxidation sites excluding steroid dienone is 2. The standard InChI is InChI=1S/C29H26FNO4/c1-33-24-16-28(34-2)26(29(17-24)35-3)14-13-23(32)12-11-21-19-31(27-10-5-4-9-25(21)27)18-20-7-6-8-22(30)15-20/h4-17,19H,18H2,1-3H3/b12-11+,14-13+. The summed E-state index contributed by atoms with van der Waals surface area (Å²) in [6.45, 7) is 0.525. The van der Waals surface area contributed by atoms with Crippen molar-refractivity contribution in [3.63, 3.8) is 0 Å². The Hall–Kier alpha value is -4.32. The molecule has 0 aliphatic rings. The van der Waals surface area contributed by atoms with Crippen LogP contribution in [0.4, 0.5) is 4.39 Å². The van der Waals surface area contributed by atoms with E-state index < -0.39 is 0 Å². The molecule has 0 radical (unpaired) electrons. The molecule has 0 saturated heterocycles. The minimum Gasteiger partial charge on any atom is -0.496 e. The number of para-hydroxylation sites is 1. The molecule has 35 heavy (non-hydrogen) atoms. The number of ketones is 1. The number of benzene rings is 3. The van der Waals surface area contributed by atoms with Gasteiger partial charge in [0.05, 0.1) is 26.9 Å². The van der Waals surface area contributed by atoms with Crippen LogP contribution in [0.2, 0.25) is 0 Å². The number of methoxy groups -OCH3 is 3. The van der Waals surface area contributed by atoms with Crippen molar-refractivity contribution in [2.45, 2.75) is 6.54 Å². The van der Waals surface area contributed by atoms with Crippen LogP contribution in [0.15, 0.2) is 79.0 Å². The molecule has 0 saturated carbocycles. The molecule has 1 heterocycles. The van der Waals surface area contributed by atoms with Crippen LogP contribution < -0.4 is 14.2 Å². The van der Waals surface area contributed by atoms with Gasteiger partial charge in [0.2, 0.25) is 0 Å². The number of carbonyl (C=O) groups excluding carboxylic acids is 1. The topological polar surface area (TPSA) is 49.7 Å². The van der Waals surface area contributed by atoms with E-state index in [1.54, 1.807) is 51.7 Å². The average Bonchev–Trinajstić information content (AvgIpc) is 3.22. The molecule has 0 amide bonds. The molecule has 3 aromatic carbocycles. The smallest absolute Gasteiger partial charge is 0.178 e. The Morgan fingerprint density at radius 1 is 0.886 bits per heavy atom. The molecule has 4 rings (SSSR count). The molecule has 0 aliphatic carbocycles. The average molecular weight is 472 g/mol. The summed E-state index contributed by atoms with van der Waals surface area (Å²) < 4.78 is 31.8. The summed E-state index contributed by atoms with van der Waals surface area (Å²) in [5.41, 5.74) is 3.41. The number of fused-ring (bicyclic) bond motifs is 1. The zero-order chi connectivity index (χ0) is 24.8. The molecule has 1 aromatic heterocycles. The van der Waals surface area contributed by atoms with Crippen LogP contribution in [-0.2, 0) is 11.3 Å². The molecule has 6 heteroatoms. The molecule has 5 nitrogen and oxygen atoms in total. The van der Waals surface area contributed by atoms with Crippen molar-refractivity contribution in [3.8, 4) is 17.2 Å². The minimum absolute atomic E-state index is 0.188. The Morgan fingerprint density at radius 3 is 2.29 bits per heavy atom. The monoisotopic (exact) mass is 471 g/mol. The van der Waals surface area contributed by atoms with Crippen molar-refractivity contribution in [2.24, 2.45) is 0 Å². The van der Waals surface area contributed by atoms with Gasteiger partial charge >= 0.3 is 0 Å². The molecule has 0 fully saturated rings. The van der Waals surface area contributed by atoms with Crippen molar-refractivity contribution in [3.05, 3.63) is 102 Å². The largest absolute Gasteiger partial charge is 0.496 e. The van der Waals surface area contributed by atoms with E-state index in [2.05, 4.69) is 4.57 Å². The number of hydrogen-bond donors (Lipinski definition) is 0. The number of nitrogens with zero attached hydrogens (tertiary/aromatic N) is 1. The van der Waals surface area contributed by atoms with Crippen molar-refractivity contribution in [1.82, 2.24) is 4.57 Å². The fourth-order valence-corrected chi connectivity index (χ4v) is 3.96. The van der Waals surface area contributed by atoms with Gasteiger partial charge in [0.1, 0.15) is 23.1 Å². The van der Waals surface area contributed by atoms with Crippen molar-refractivity contribution in [1.29, 1.82) is 0 Å². The molecule has 0 N–H and O–H groups in total. The lowest BCUT2D eigenvalue weighted by Gasteiger charge is -2.12. The second kappa shape index (κ2) is 10.7. The van der Waals surface area contributed by atoms with Gasteiger partial charge in [-0.15, -0.1) is 0 Å². The second-order valence-corrected chi connectivity index (χ2v) is 7.87. The summed E-state index contributed by atoms with van der Waals surface area (Å²) in [5, 5.41) is 1.01. The van der Waals surface area contributed by atoms with Crippen LogP contribution in [-0.4, -0.2) is 31.7 Å². The second-order valence-electron chi connectivity index (χ2n) is 7.87. The Labute approximate surface area is 203 Å². The third-order valence-corrected chi connectivity index (χ3v) is 5.66. The van der Waals surface area contributed by atoms with Crippen LogP contribution in [0.5, 0.6) is 17.2 Å². The predicted molar refractivity (Wildman–Crippen MR) is 137 cm³/mol. The number of carbonyl (C=O) groups is 1. The molecule has 0 atom stereocenters. The zero-order valence-electron chi connectivity index (χ0n) is 19.8. The fraction of sp³-hybridized carbons (Fsp3) is 0.138. The SMILES string of the molecule is COc1cc(OC)c(/C=C/C(=O)/C=C/c2cn(Cc3cccc(F)c3)c3ccccc23)c(OC)c1. The first-order valence-corrected chi connectivity index (χ1v) is 11.0. The van der Waals surface area contributed by atoms with Gasteiger partial charge in [-0.05, 0) is 48.1 Å². The predicted octanol–water partition coefficient (Wildman–Crippen LogP) is 6.15. The highest BCUT2D eigenvalue weighted by molar-refractivity contribution is 6.06. The summed E-state index contributed by atoms with van der Waals surface area (Å²) in [6.07, 6.45) is 8.41. The minimum atomic E-state index is -0.262. The van der Waals surface area contributed by atoms with Crippen LogP contribution in [0.25, 0.3) is 23.1 Å². The highest BCUT2D eigenvalue weighted by Crippen LogP contribution is 2.35. The first-order chi connectivity index (χ1) is 17.0. The zero-order valence-corrected chi connectivity index (χ0v) is 19.8. The highest BCUT2D eigenvalue weighted by atomic mass is 19.1. The fourth-order valence-electron chi connectivity index (χ4n) is 3.96. The van der Waals surface area contributed by atoms with Crippen LogP contribution in [0.1, 0.15) is 16.7 Å². The first-order valence-electron chi connectivity index (χ1n) is 11.0. The van der Waals surface area contributed by atoms with E-state index in [-0.39, 0.29) is 11.6 Å². The van der Waals surface area contributed by atoms with Crippen LogP contribution >= 0.6 is 0 Å². The van der Waals surface area contributed by atoms with Crippen LogP contribution in [0.3, 0.4) is 0 Å². The summed E-state index contributed by atoms with van der Waals surface area (Å²) >= 11 is 0. The highest BCUT2D eigenvalue weighted by Gasteiger charge is 2.11. The molecule has 0 aliphatic heterocycles. The summed E-state index contributed by atoms with van der Waals surface area (Å²) in [4.78, 5) is 12.7. The maximum Gasteiger partial charge on any atom is 0.178 e. The van der Waals surface area contributed by atoms with Gasteiger partial charge in [-0.1, -0.05) is 30.3 Å².